The summed E-state index contributed by atoms with van der Waals surface area (Å²) in [7, 11) is 0. The highest BCUT2D eigenvalue weighted by Crippen LogP contribution is 2.08. The second-order valence-electron chi connectivity index (χ2n) is 2.29. The van der Waals surface area contributed by atoms with Crippen molar-refractivity contribution in [2.75, 3.05) is 0 Å². The van der Waals surface area contributed by atoms with E-state index < -0.39 is 0 Å². The van der Waals surface area contributed by atoms with Crippen LogP contribution in [0, 0.1) is 0 Å². The third-order valence-corrected chi connectivity index (χ3v) is 1.53. The summed E-state index contributed by atoms with van der Waals surface area (Å²) in [6.45, 7) is 8.00. The van der Waals surface area contributed by atoms with Crippen LogP contribution in [-0.2, 0) is 0 Å². The molecule has 0 spiro atoms. The first-order chi connectivity index (χ1) is 7.36. The van der Waals surface area contributed by atoms with E-state index in [-0.39, 0.29) is 5.63 Å². The fraction of sp³-hybridized carbons (Fsp3) is 0.308. The summed E-state index contributed by atoms with van der Waals surface area (Å²) in [4.78, 5) is 10.7. The second kappa shape index (κ2) is 7.80. The molecule has 0 saturated carbocycles. The molecule has 1 heterocycles. The Bertz CT molecular complexity index is 429. The highest BCUT2D eigenvalue weighted by atomic mass is 16.4. The Morgan fingerprint density at radius 1 is 0.867 bits per heavy atom. The molecule has 0 radical (unpaired) electrons. The smallest absolute Gasteiger partial charge is 0.336 e. The minimum absolute atomic E-state index is 0.302. The average molecular weight is 206 g/mol. The van der Waals surface area contributed by atoms with Gasteiger partial charge < -0.3 is 4.42 Å². The summed E-state index contributed by atoms with van der Waals surface area (Å²) < 4.78 is 4.91. The van der Waals surface area contributed by atoms with Crippen molar-refractivity contribution in [1.29, 1.82) is 0 Å². The summed E-state index contributed by atoms with van der Waals surface area (Å²) in [5.74, 6) is 0. The van der Waals surface area contributed by atoms with Crippen LogP contribution in [0.3, 0.4) is 0 Å². The van der Waals surface area contributed by atoms with Crippen molar-refractivity contribution in [2.45, 2.75) is 27.7 Å². The summed E-state index contributed by atoms with van der Waals surface area (Å²) >= 11 is 0. The predicted molar refractivity (Wildman–Crippen MR) is 65.2 cm³/mol. The Labute approximate surface area is 90.6 Å². The van der Waals surface area contributed by atoms with Crippen LogP contribution in [0.25, 0.3) is 11.0 Å². The average Bonchev–Trinajstić information content (AvgIpc) is 2.34. The van der Waals surface area contributed by atoms with E-state index in [2.05, 4.69) is 0 Å². The highest BCUT2D eigenvalue weighted by molar-refractivity contribution is 5.75. The Balaban J connectivity index is 0.000000442. The first-order valence-electron chi connectivity index (χ1n) is 5.35. The van der Waals surface area contributed by atoms with Gasteiger partial charge in [0, 0.05) is 11.5 Å². The van der Waals surface area contributed by atoms with E-state index >= 15 is 0 Å². The van der Waals surface area contributed by atoms with Gasteiger partial charge in [0.25, 0.3) is 0 Å². The number of hydrogen-bond acceptors (Lipinski definition) is 2. The van der Waals surface area contributed by atoms with Gasteiger partial charge in [-0.05, 0) is 12.1 Å². The third-order valence-electron chi connectivity index (χ3n) is 1.53. The van der Waals surface area contributed by atoms with Gasteiger partial charge in [-0.3, -0.25) is 0 Å². The number of benzene rings is 1. The van der Waals surface area contributed by atoms with Gasteiger partial charge in [0.2, 0.25) is 0 Å². The molecule has 0 bridgehead atoms. The van der Waals surface area contributed by atoms with Crippen molar-refractivity contribution < 1.29 is 4.42 Å². The molecule has 0 atom stereocenters. The van der Waals surface area contributed by atoms with Crippen LogP contribution in [-0.4, -0.2) is 0 Å². The van der Waals surface area contributed by atoms with E-state index in [0.717, 1.165) is 5.39 Å². The minimum Gasteiger partial charge on any atom is -0.423 e. The monoisotopic (exact) mass is 206 g/mol. The normalized spacial score (nSPS) is 8.27. The fourth-order valence-electron chi connectivity index (χ4n) is 1.01. The Morgan fingerprint density at radius 3 is 2.13 bits per heavy atom. The van der Waals surface area contributed by atoms with Crippen LogP contribution in [0.4, 0.5) is 0 Å². The van der Waals surface area contributed by atoms with Crippen molar-refractivity contribution in [3.63, 3.8) is 0 Å². The van der Waals surface area contributed by atoms with Crippen molar-refractivity contribution in [2.24, 2.45) is 0 Å². The van der Waals surface area contributed by atoms with Crippen LogP contribution in [0.15, 0.2) is 45.6 Å². The Hall–Kier alpha value is -1.57. The molecule has 2 nitrogen and oxygen atoms in total. The van der Waals surface area contributed by atoms with E-state index in [1.54, 1.807) is 12.1 Å². The zero-order chi connectivity index (χ0) is 11.7. The van der Waals surface area contributed by atoms with E-state index in [9.17, 15) is 4.79 Å². The number of fused-ring (bicyclic) bond motifs is 1. The molecule has 0 aliphatic rings. The molecule has 15 heavy (non-hydrogen) atoms. The SMILES string of the molecule is CC.CC.O=c1ccc2ccccc2o1. The van der Waals surface area contributed by atoms with Gasteiger partial charge in [-0.25, -0.2) is 4.79 Å². The first-order valence-corrected chi connectivity index (χ1v) is 5.35. The molecule has 0 amide bonds. The van der Waals surface area contributed by atoms with Crippen molar-refractivity contribution in [1.82, 2.24) is 0 Å². The maximum atomic E-state index is 10.7. The van der Waals surface area contributed by atoms with E-state index in [1.807, 2.05) is 45.9 Å². The molecule has 0 fully saturated rings. The van der Waals surface area contributed by atoms with Crippen LogP contribution < -0.4 is 5.63 Å². The Morgan fingerprint density at radius 2 is 1.47 bits per heavy atom. The molecule has 1 aromatic carbocycles. The van der Waals surface area contributed by atoms with Gasteiger partial charge in [-0.15, -0.1) is 0 Å². The summed E-state index contributed by atoms with van der Waals surface area (Å²) in [5.41, 5.74) is 0.337. The quantitative estimate of drug-likeness (QED) is 0.613. The van der Waals surface area contributed by atoms with Crippen LogP contribution in [0.2, 0.25) is 0 Å². The van der Waals surface area contributed by atoms with Gasteiger partial charge in [0.1, 0.15) is 5.58 Å². The Kier molecular flexibility index (Phi) is 6.98. The lowest BCUT2D eigenvalue weighted by atomic mass is 10.2. The van der Waals surface area contributed by atoms with Crippen LogP contribution in [0.1, 0.15) is 27.7 Å². The van der Waals surface area contributed by atoms with Crippen LogP contribution >= 0.6 is 0 Å². The maximum absolute atomic E-state index is 10.7. The molecule has 2 rings (SSSR count). The zero-order valence-electron chi connectivity index (χ0n) is 9.78. The highest BCUT2D eigenvalue weighted by Gasteiger charge is 1.92. The molecule has 1 aromatic heterocycles. The predicted octanol–water partition coefficient (Wildman–Crippen LogP) is 3.85. The molecule has 0 saturated heterocycles. The van der Waals surface area contributed by atoms with Crippen LogP contribution in [0.5, 0.6) is 0 Å². The second-order valence-corrected chi connectivity index (χ2v) is 2.29. The minimum atomic E-state index is -0.302. The standard InChI is InChI=1S/C9H6O2.2C2H6/c10-9-6-5-7-3-1-2-4-8(7)11-9;2*1-2/h1-6H;2*1-2H3. The van der Waals surface area contributed by atoms with Gasteiger partial charge in [0.05, 0.1) is 0 Å². The molecule has 0 aliphatic heterocycles. The largest absolute Gasteiger partial charge is 0.423 e. The first kappa shape index (κ1) is 13.4. The van der Waals surface area contributed by atoms with Gasteiger partial charge in [-0.1, -0.05) is 45.9 Å². The topological polar surface area (TPSA) is 30.2 Å². The van der Waals surface area contributed by atoms with Gasteiger partial charge >= 0.3 is 5.63 Å². The lowest BCUT2D eigenvalue weighted by Gasteiger charge is -1.91. The molecule has 82 valence electrons. The van der Waals surface area contributed by atoms with Crippen molar-refractivity contribution in [3.05, 3.63) is 46.8 Å². The number of para-hydroxylation sites is 1. The molecular weight excluding hydrogens is 188 g/mol. The lowest BCUT2D eigenvalue weighted by Crippen LogP contribution is -1.93. The molecule has 2 aromatic rings. The number of hydrogen-bond donors (Lipinski definition) is 0. The maximum Gasteiger partial charge on any atom is 0.336 e. The fourth-order valence-corrected chi connectivity index (χ4v) is 1.01. The summed E-state index contributed by atoms with van der Waals surface area (Å²) in [6, 6.07) is 10.6. The van der Waals surface area contributed by atoms with Gasteiger partial charge in [-0.2, -0.15) is 0 Å². The molecule has 0 unspecified atom stereocenters. The van der Waals surface area contributed by atoms with Crippen molar-refractivity contribution >= 4 is 11.0 Å². The zero-order valence-corrected chi connectivity index (χ0v) is 9.78. The summed E-state index contributed by atoms with van der Waals surface area (Å²) in [5, 5.41) is 0.951. The lowest BCUT2D eigenvalue weighted by molar-refractivity contribution is 0.561. The van der Waals surface area contributed by atoms with Crippen molar-refractivity contribution in [3.8, 4) is 0 Å². The van der Waals surface area contributed by atoms with E-state index in [1.165, 1.54) is 6.07 Å². The summed E-state index contributed by atoms with van der Waals surface area (Å²) in [6.07, 6.45) is 0. The number of rotatable bonds is 0. The van der Waals surface area contributed by atoms with Gasteiger partial charge in [0.15, 0.2) is 0 Å². The molecule has 0 N–H and O–H groups in total. The molecule has 0 aliphatic carbocycles. The third kappa shape index (κ3) is 3.98. The molecule has 2 heteroatoms. The molecular formula is C13H18O2. The van der Waals surface area contributed by atoms with E-state index in [0.29, 0.717) is 5.58 Å². The van der Waals surface area contributed by atoms with E-state index in [4.69, 9.17) is 4.42 Å².